The van der Waals surface area contributed by atoms with Crippen molar-refractivity contribution in [1.82, 2.24) is 41.8 Å². The van der Waals surface area contributed by atoms with Crippen LogP contribution in [0.15, 0.2) is 29.3 Å². The fourth-order valence-corrected chi connectivity index (χ4v) is 8.25. The van der Waals surface area contributed by atoms with Gasteiger partial charge < -0.3 is 67.3 Å². The summed E-state index contributed by atoms with van der Waals surface area (Å²) in [6.45, 7) is 4.26. The number of aliphatic hydroxyl groups is 4. The minimum absolute atomic E-state index is 0.259. The van der Waals surface area contributed by atoms with E-state index in [0.29, 0.717) is 21.5 Å². The molecule has 22 heteroatoms. The van der Waals surface area contributed by atoms with Gasteiger partial charge in [0, 0.05) is 42.5 Å². The van der Waals surface area contributed by atoms with E-state index >= 15 is 0 Å². The average Bonchev–Trinajstić information content (AvgIpc) is 3.74. The maximum atomic E-state index is 14.4. The van der Waals surface area contributed by atoms with E-state index in [9.17, 15) is 63.9 Å². The Morgan fingerprint density at radius 3 is 2.19 bits per heavy atom. The summed E-state index contributed by atoms with van der Waals surface area (Å²) in [4.78, 5) is 114. The van der Waals surface area contributed by atoms with Crippen LogP contribution in [-0.4, -0.2) is 162 Å². The summed E-state index contributed by atoms with van der Waals surface area (Å²) in [5.41, 5.74) is -0.960. The van der Waals surface area contributed by atoms with Crippen molar-refractivity contribution in [2.24, 2.45) is 5.92 Å². The number of aromatic amines is 1. The molecule has 0 aliphatic carbocycles. The molecule has 1 aromatic carbocycles. The second-order valence-electron chi connectivity index (χ2n) is 15.7. The zero-order valence-electron chi connectivity index (χ0n) is 32.7. The molecule has 2 bridgehead atoms. The lowest BCUT2D eigenvalue weighted by atomic mass is 9.95. The normalized spacial score (nSPS) is 29.5. The Hall–Kier alpha value is -5.29. The molecule has 3 aliphatic heterocycles. The second kappa shape index (κ2) is 18.3. The number of hydrogen-bond donors (Lipinski definition) is 12. The van der Waals surface area contributed by atoms with Crippen LogP contribution >= 0.6 is 11.8 Å². The summed E-state index contributed by atoms with van der Waals surface area (Å²) in [6.07, 6.45) is -4.92. The van der Waals surface area contributed by atoms with Gasteiger partial charge in [0.15, 0.2) is 6.10 Å². The van der Waals surface area contributed by atoms with Crippen molar-refractivity contribution in [2.75, 3.05) is 18.9 Å². The summed E-state index contributed by atoms with van der Waals surface area (Å²) in [5, 5.41) is 67.6. The number of fused-ring (bicyclic) bond motifs is 5. The number of amides is 7. The minimum Gasteiger partial charge on any atom is -0.479 e. The first-order valence-electron chi connectivity index (χ1n) is 19.0. The lowest BCUT2D eigenvalue weighted by Gasteiger charge is -2.32. The average molecular weight is 847 g/mol. The largest absolute Gasteiger partial charge is 0.479 e. The van der Waals surface area contributed by atoms with Crippen molar-refractivity contribution in [1.29, 1.82) is 0 Å². The number of H-pyrrole nitrogens is 1. The van der Waals surface area contributed by atoms with Gasteiger partial charge in [0.05, 0.1) is 23.3 Å². The maximum Gasteiger partial charge on any atom is 0.335 e. The van der Waals surface area contributed by atoms with Crippen LogP contribution in [0, 0.1) is 5.92 Å². The third-order valence-electron chi connectivity index (χ3n) is 10.5. The summed E-state index contributed by atoms with van der Waals surface area (Å²) >= 11 is 0.978. The smallest absolute Gasteiger partial charge is 0.335 e. The number of carbonyl (C=O) groups excluding carboxylic acids is 7. The molecule has 3 aliphatic rings. The van der Waals surface area contributed by atoms with E-state index < -0.39 is 126 Å². The molecule has 0 saturated carbocycles. The predicted molar refractivity (Wildman–Crippen MR) is 207 cm³/mol. The number of thioether (sulfide) groups is 1. The number of carbonyl (C=O) groups is 8. The number of rotatable bonds is 6. The van der Waals surface area contributed by atoms with Crippen LogP contribution in [0.25, 0.3) is 10.9 Å². The highest BCUT2D eigenvalue weighted by molar-refractivity contribution is 7.99. The van der Waals surface area contributed by atoms with E-state index in [0.717, 1.165) is 16.7 Å². The highest BCUT2D eigenvalue weighted by atomic mass is 32.2. The molecule has 1 saturated heterocycles. The first kappa shape index (κ1) is 44.8. The molecule has 0 spiro atoms. The van der Waals surface area contributed by atoms with Crippen LogP contribution in [0.5, 0.6) is 0 Å². The number of nitrogens with one attached hydrogen (secondary N) is 7. The number of nitrogens with zero attached hydrogens (tertiary/aromatic N) is 1. The van der Waals surface area contributed by atoms with Gasteiger partial charge in [-0.1, -0.05) is 32.0 Å². The van der Waals surface area contributed by atoms with Crippen LogP contribution in [0.1, 0.15) is 46.1 Å². The number of benzene rings is 1. The number of aliphatic hydroxyl groups excluding tert-OH is 3. The maximum absolute atomic E-state index is 14.4. The molecule has 0 unspecified atom stereocenters. The number of carboxylic acid groups (broad SMARTS) is 1. The van der Waals surface area contributed by atoms with Crippen molar-refractivity contribution in [3.63, 3.8) is 0 Å². The van der Waals surface area contributed by atoms with Gasteiger partial charge in [0.2, 0.25) is 41.4 Å². The number of aliphatic carboxylic acids is 1. The van der Waals surface area contributed by atoms with Gasteiger partial charge >= 0.3 is 5.97 Å². The third kappa shape index (κ3) is 10.3. The standard InChI is InChI=1S/C37H50N8O13S/c1-15(2)25-32(53)44-26(27(48)36(56)57)33(54)41-23-13-59-34-19(18-7-5-6-8-20(18)42-34)10-21(29(50)40-22(30(51)43-25)11-37(4,58)14-46)39-28(49)16(3)38-31(52)24-9-17(47)12-45(24)35(23)55/h5-8,15-17,21-27,42,46-48,58H,9-14H2,1-4H3,(H,38,52)(H,39,49)(H,40,50)(H,41,54)(H,43,51)(H,44,53)(H,56,57)/t16-,17-,21-,22-,23-,24-,25-,26+,27-,37-/m0/s1. The summed E-state index contributed by atoms with van der Waals surface area (Å²) < 4.78 is 0. The van der Waals surface area contributed by atoms with Crippen LogP contribution in [0.2, 0.25) is 0 Å². The Bertz CT molecular complexity index is 1990. The Morgan fingerprint density at radius 1 is 0.881 bits per heavy atom. The number of carboxylic acids is 1. The van der Waals surface area contributed by atoms with Gasteiger partial charge in [0.1, 0.15) is 42.3 Å². The molecule has 21 nitrogen and oxygen atoms in total. The van der Waals surface area contributed by atoms with Gasteiger partial charge in [-0.25, -0.2) is 4.79 Å². The monoisotopic (exact) mass is 846 g/mol. The van der Waals surface area contributed by atoms with Crippen molar-refractivity contribution in [3.8, 4) is 0 Å². The second-order valence-corrected chi connectivity index (χ2v) is 16.7. The van der Waals surface area contributed by atoms with E-state index in [2.05, 4.69) is 36.9 Å². The Morgan fingerprint density at radius 2 is 1.53 bits per heavy atom. The molecular weight excluding hydrogens is 797 g/mol. The minimum atomic E-state index is -2.58. The molecule has 2 aromatic rings. The van der Waals surface area contributed by atoms with Crippen LogP contribution < -0.4 is 31.9 Å². The first-order valence-corrected chi connectivity index (χ1v) is 20.0. The Balaban J connectivity index is 1.73. The molecular formula is C37H50N8O13S. The summed E-state index contributed by atoms with van der Waals surface area (Å²) in [6, 6.07) is -4.38. The van der Waals surface area contributed by atoms with Gasteiger partial charge in [-0.05, 0) is 31.4 Å². The zero-order chi connectivity index (χ0) is 43.5. The molecule has 322 valence electrons. The highest BCUT2D eigenvalue weighted by Gasteiger charge is 2.45. The van der Waals surface area contributed by atoms with Crippen molar-refractivity contribution in [2.45, 2.75) is 112 Å². The fraction of sp³-hybridized carbons (Fsp3) is 0.568. The number of hydrogen-bond acceptors (Lipinski definition) is 13. The zero-order valence-corrected chi connectivity index (χ0v) is 33.5. The SMILES string of the molecule is CC(C)[C@@H]1NC(=O)[C@H](C[C@](C)(O)CO)NC(=O)[C@@H]2Cc3c([nH]c4ccccc34)SC[C@H](NC(=O)[C@@H]([C@H](O)C(=O)O)NC1=O)C(=O)N1C[C@@H](O)C[C@H]1C(=O)N[C@@H](C)C(=O)N2. The topological polar surface area (TPSA) is 329 Å². The van der Waals surface area contributed by atoms with Crippen LogP contribution in [-0.2, 0) is 44.8 Å². The lowest BCUT2D eigenvalue weighted by molar-refractivity contribution is -0.152. The van der Waals surface area contributed by atoms with Crippen molar-refractivity contribution < 1.29 is 63.9 Å². The molecule has 12 N–H and O–H groups in total. The molecule has 7 amide bonds. The molecule has 4 heterocycles. The lowest BCUT2D eigenvalue weighted by Crippen LogP contribution is -2.64. The van der Waals surface area contributed by atoms with E-state index in [1.54, 1.807) is 24.3 Å². The first-order chi connectivity index (χ1) is 27.7. The number of para-hydroxylation sites is 1. The molecule has 59 heavy (non-hydrogen) atoms. The fourth-order valence-electron chi connectivity index (χ4n) is 7.14. The van der Waals surface area contributed by atoms with E-state index in [-0.39, 0.29) is 25.1 Å². The van der Waals surface area contributed by atoms with Gasteiger partial charge in [-0.15, -0.1) is 11.8 Å². The molecule has 5 rings (SSSR count). The summed E-state index contributed by atoms with van der Waals surface area (Å²) in [5.74, 6) is -10.1. The van der Waals surface area contributed by atoms with Crippen molar-refractivity contribution in [3.05, 3.63) is 29.8 Å². The van der Waals surface area contributed by atoms with E-state index in [1.807, 2.05) is 0 Å². The van der Waals surface area contributed by atoms with E-state index in [4.69, 9.17) is 0 Å². The Labute approximate surface area is 341 Å². The Kier molecular flexibility index (Phi) is 13.9. The molecule has 1 aromatic heterocycles. The predicted octanol–water partition coefficient (Wildman–Crippen LogP) is -4.04. The van der Waals surface area contributed by atoms with Gasteiger partial charge in [-0.3, -0.25) is 33.6 Å². The quantitative estimate of drug-likeness (QED) is 0.132. The van der Waals surface area contributed by atoms with Crippen molar-refractivity contribution >= 4 is 70.0 Å². The van der Waals surface area contributed by atoms with E-state index in [1.165, 1.54) is 27.7 Å². The van der Waals surface area contributed by atoms with Crippen LogP contribution in [0.3, 0.4) is 0 Å². The summed E-state index contributed by atoms with van der Waals surface area (Å²) in [7, 11) is 0. The number of aromatic nitrogens is 1. The van der Waals surface area contributed by atoms with Gasteiger partial charge in [-0.2, -0.15) is 0 Å². The van der Waals surface area contributed by atoms with Crippen LogP contribution in [0.4, 0.5) is 0 Å². The van der Waals surface area contributed by atoms with Gasteiger partial charge in [0.25, 0.3) is 0 Å². The molecule has 0 radical (unpaired) electrons. The molecule has 1 fully saturated rings. The highest BCUT2D eigenvalue weighted by Crippen LogP contribution is 2.32. The molecule has 10 atom stereocenters. The third-order valence-corrected chi connectivity index (χ3v) is 11.6.